The van der Waals surface area contributed by atoms with Crippen LogP contribution in [0.25, 0.3) is 10.9 Å². The minimum absolute atomic E-state index is 0.0387. The highest BCUT2D eigenvalue weighted by molar-refractivity contribution is 6.41. The summed E-state index contributed by atoms with van der Waals surface area (Å²) in [6.45, 7) is 1.33. The SMILES string of the molecule is CCOC(=O)C(=O)c1ccc2cn[nH]c2c1CON1C(=O)c2ccccc2C1=O. The van der Waals surface area contributed by atoms with Crippen LogP contribution in [0.5, 0.6) is 0 Å². The summed E-state index contributed by atoms with van der Waals surface area (Å²) in [5.74, 6) is -3.06. The molecular formula is C20H15N3O6. The first-order valence-electron chi connectivity index (χ1n) is 8.80. The maximum atomic E-state index is 12.5. The second kappa shape index (κ2) is 7.28. The minimum Gasteiger partial charge on any atom is -0.460 e. The summed E-state index contributed by atoms with van der Waals surface area (Å²) in [6, 6.07) is 9.44. The van der Waals surface area contributed by atoms with E-state index >= 15 is 0 Å². The van der Waals surface area contributed by atoms with E-state index < -0.39 is 23.6 Å². The third kappa shape index (κ3) is 3.07. The van der Waals surface area contributed by atoms with E-state index in [1.54, 1.807) is 31.3 Å². The Balaban J connectivity index is 1.66. The van der Waals surface area contributed by atoms with Gasteiger partial charge < -0.3 is 4.74 Å². The minimum atomic E-state index is -1.01. The average molecular weight is 393 g/mol. The molecule has 1 aliphatic rings. The first-order chi connectivity index (χ1) is 14.0. The van der Waals surface area contributed by atoms with E-state index in [2.05, 4.69) is 10.2 Å². The lowest BCUT2D eigenvalue weighted by atomic mass is 10.0. The molecule has 0 bridgehead atoms. The molecule has 0 radical (unpaired) electrons. The smallest absolute Gasteiger partial charge is 0.379 e. The molecule has 146 valence electrons. The van der Waals surface area contributed by atoms with Crippen molar-refractivity contribution in [3.63, 3.8) is 0 Å². The molecule has 0 saturated carbocycles. The Morgan fingerprint density at radius 3 is 2.41 bits per heavy atom. The zero-order chi connectivity index (χ0) is 20.5. The van der Waals surface area contributed by atoms with Crippen LogP contribution in [-0.4, -0.2) is 45.4 Å². The van der Waals surface area contributed by atoms with E-state index in [9.17, 15) is 19.2 Å². The molecule has 29 heavy (non-hydrogen) atoms. The number of aromatic amines is 1. The summed E-state index contributed by atoms with van der Waals surface area (Å²) >= 11 is 0. The van der Waals surface area contributed by atoms with Crippen molar-refractivity contribution in [2.75, 3.05) is 6.61 Å². The van der Waals surface area contributed by atoms with Gasteiger partial charge in [-0.3, -0.25) is 24.3 Å². The molecule has 4 rings (SSSR count). The Hall–Kier alpha value is -3.85. The summed E-state index contributed by atoms with van der Waals surface area (Å²) in [5, 5.41) is 8.00. The van der Waals surface area contributed by atoms with Gasteiger partial charge in [0.2, 0.25) is 0 Å². The molecule has 9 heteroatoms. The van der Waals surface area contributed by atoms with E-state index in [0.717, 1.165) is 0 Å². The normalized spacial score (nSPS) is 13.1. The highest BCUT2D eigenvalue weighted by atomic mass is 16.7. The Bertz CT molecular complexity index is 1130. The van der Waals surface area contributed by atoms with Gasteiger partial charge in [-0.25, -0.2) is 4.79 Å². The number of benzene rings is 2. The number of hydrogen-bond donors (Lipinski definition) is 1. The lowest BCUT2D eigenvalue weighted by Gasteiger charge is -2.15. The van der Waals surface area contributed by atoms with Crippen molar-refractivity contribution in [1.29, 1.82) is 0 Å². The fourth-order valence-electron chi connectivity index (χ4n) is 3.15. The van der Waals surface area contributed by atoms with Gasteiger partial charge in [-0.1, -0.05) is 18.2 Å². The third-order valence-electron chi connectivity index (χ3n) is 4.53. The second-order valence-electron chi connectivity index (χ2n) is 6.20. The maximum Gasteiger partial charge on any atom is 0.379 e. The molecule has 2 amide bonds. The van der Waals surface area contributed by atoms with Crippen LogP contribution in [0.1, 0.15) is 43.6 Å². The standard InChI is InChI=1S/C20H15N3O6/c1-2-28-20(27)17(24)12-8-7-11-9-21-22-16(11)15(12)10-29-23-18(25)13-5-3-4-6-14(13)19(23)26/h3-9H,2,10H2,1H3,(H,21,22). The zero-order valence-corrected chi connectivity index (χ0v) is 15.3. The molecule has 1 N–H and O–H groups in total. The molecule has 0 fully saturated rings. The number of Topliss-reactive ketones (excluding diaryl/α,β-unsaturated/α-hetero) is 1. The Labute approximate surface area is 164 Å². The van der Waals surface area contributed by atoms with Crippen molar-refractivity contribution in [2.24, 2.45) is 0 Å². The molecule has 0 aliphatic carbocycles. The van der Waals surface area contributed by atoms with E-state index in [-0.39, 0.29) is 35.5 Å². The first kappa shape index (κ1) is 18.5. The predicted molar refractivity (Wildman–Crippen MR) is 98.8 cm³/mol. The molecule has 0 saturated heterocycles. The van der Waals surface area contributed by atoms with Crippen LogP contribution in [0.2, 0.25) is 0 Å². The highest BCUT2D eigenvalue weighted by Gasteiger charge is 2.37. The average Bonchev–Trinajstić information content (AvgIpc) is 3.30. The summed E-state index contributed by atoms with van der Waals surface area (Å²) in [6.07, 6.45) is 1.54. The van der Waals surface area contributed by atoms with E-state index in [0.29, 0.717) is 16.0 Å². The van der Waals surface area contributed by atoms with Gasteiger partial charge in [0.05, 0.1) is 29.4 Å². The van der Waals surface area contributed by atoms with Crippen molar-refractivity contribution in [2.45, 2.75) is 13.5 Å². The molecule has 1 aliphatic heterocycles. The van der Waals surface area contributed by atoms with Crippen molar-refractivity contribution in [1.82, 2.24) is 15.3 Å². The molecule has 2 heterocycles. The number of rotatable bonds is 6. The second-order valence-corrected chi connectivity index (χ2v) is 6.20. The van der Waals surface area contributed by atoms with Crippen LogP contribution in [0.3, 0.4) is 0 Å². The number of esters is 1. The third-order valence-corrected chi connectivity index (χ3v) is 4.53. The van der Waals surface area contributed by atoms with E-state index in [1.165, 1.54) is 18.2 Å². The number of amides is 2. The monoisotopic (exact) mass is 393 g/mol. The molecular weight excluding hydrogens is 378 g/mol. The molecule has 9 nitrogen and oxygen atoms in total. The Morgan fingerprint density at radius 2 is 1.76 bits per heavy atom. The highest BCUT2D eigenvalue weighted by Crippen LogP contribution is 2.26. The lowest BCUT2D eigenvalue weighted by Crippen LogP contribution is -2.30. The maximum absolute atomic E-state index is 12.5. The number of carbonyl (C=O) groups is 4. The van der Waals surface area contributed by atoms with Gasteiger partial charge in [-0.2, -0.15) is 5.10 Å². The summed E-state index contributed by atoms with van der Waals surface area (Å²) < 4.78 is 4.79. The van der Waals surface area contributed by atoms with Crippen molar-refractivity contribution < 1.29 is 28.8 Å². The van der Waals surface area contributed by atoms with E-state index in [1.807, 2.05) is 0 Å². The number of fused-ring (bicyclic) bond motifs is 2. The molecule has 2 aromatic carbocycles. The van der Waals surface area contributed by atoms with Gasteiger partial charge >= 0.3 is 5.97 Å². The van der Waals surface area contributed by atoms with Gasteiger partial charge in [0, 0.05) is 16.5 Å². The van der Waals surface area contributed by atoms with Crippen molar-refractivity contribution in [3.8, 4) is 0 Å². The molecule has 3 aromatic rings. The van der Waals surface area contributed by atoms with Gasteiger partial charge in [0.15, 0.2) is 0 Å². The Kier molecular flexibility index (Phi) is 4.65. The number of H-pyrrole nitrogens is 1. The van der Waals surface area contributed by atoms with Crippen LogP contribution in [0, 0.1) is 0 Å². The first-order valence-corrected chi connectivity index (χ1v) is 8.80. The van der Waals surface area contributed by atoms with Crippen LogP contribution in [0.4, 0.5) is 0 Å². The number of ketones is 1. The number of nitrogens with zero attached hydrogens (tertiary/aromatic N) is 2. The van der Waals surface area contributed by atoms with Gasteiger partial charge in [0.1, 0.15) is 6.61 Å². The molecule has 0 atom stereocenters. The van der Waals surface area contributed by atoms with Crippen molar-refractivity contribution >= 4 is 34.5 Å². The van der Waals surface area contributed by atoms with Crippen LogP contribution in [-0.2, 0) is 21.0 Å². The predicted octanol–water partition coefficient (Wildman–Crippen LogP) is 2.04. The molecule has 0 unspecified atom stereocenters. The van der Waals surface area contributed by atoms with Gasteiger partial charge in [-0.15, -0.1) is 5.06 Å². The lowest BCUT2D eigenvalue weighted by molar-refractivity contribution is -0.137. The number of carbonyl (C=O) groups excluding carboxylic acids is 4. The summed E-state index contributed by atoms with van der Waals surface area (Å²) in [7, 11) is 0. The quantitative estimate of drug-likeness (QED) is 0.295. The zero-order valence-electron chi connectivity index (χ0n) is 15.3. The number of hydrogen-bond acceptors (Lipinski definition) is 7. The van der Waals surface area contributed by atoms with Crippen LogP contribution in [0.15, 0.2) is 42.6 Å². The fourth-order valence-corrected chi connectivity index (χ4v) is 3.15. The topological polar surface area (TPSA) is 119 Å². The number of aromatic nitrogens is 2. The van der Waals surface area contributed by atoms with Crippen LogP contribution < -0.4 is 0 Å². The van der Waals surface area contributed by atoms with Crippen LogP contribution >= 0.6 is 0 Å². The molecule has 1 aromatic heterocycles. The number of nitrogens with one attached hydrogen (secondary N) is 1. The summed E-state index contributed by atoms with van der Waals surface area (Å²) in [4.78, 5) is 54.9. The molecule has 0 spiro atoms. The van der Waals surface area contributed by atoms with Gasteiger partial charge in [-0.05, 0) is 25.1 Å². The largest absolute Gasteiger partial charge is 0.460 e. The number of hydroxylamine groups is 2. The summed E-state index contributed by atoms with van der Waals surface area (Å²) in [5.41, 5.74) is 1.25. The number of imide groups is 1. The number of ether oxygens (including phenoxy) is 1. The van der Waals surface area contributed by atoms with Crippen molar-refractivity contribution in [3.05, 3.63) is 64.8 Å². The van der Waals surface area contributed by atoms with E-state index in [4.69, 9.17) is 9.57 Å². The van der Waals surface area contributed by atoms with Gasteiger partial charge in [0.25, 0.3) is 17.6 Å². The Morgan fingerprint density at radius 1 is 1.07 bits per heavy atom. The fraction of sp³-hybridized carbons (Fsp3) is 0.150.